The monoisotopic (exact) mass is 478 g/mol. The van der Waals surface area contributed by atoms with Gasteiger partial charge in [-0.2, -0.15) is 0 Å². The van der Waals surface area contributed by atoms with Crippen LogP contribution in [0.25, 0.3) is 0 Å². The normalized spacial score (nSPS) is 10.3. The topological polar surface area (TPSA) is 154 Å². The quantitative estimate of drug-likeness (QED) is 0.258. The van der Waals surface area contributed by atoms with Crippen molar-refractivity contribution < 1.29 is 24.2 Å². The molecule has 0 unspecified atom stereocenters. The van der Waals surface area contributed by atoms with Crippen LogP contribution < -0.4 is 10.6 Å². The van der Waals surface area contributed by atoms with Gasteiger partial charge < -0.3 is 15.4 Å². The molecule has 0 fully saturated rings. The molecular weight excluding hydrogens is 456 g/mol. The molecule has 3 aromatic rings. The van der Waals surface area contributed by atoms with E-state index in [4.69, 9.17) is 4.74 Å². The Hall–Kier alpha value is -4.80. The molecule has 3 aromatic carbocycles. The number of nitrogens with one attached hydrogen (secondary N) is 2. The predicted octanol–water partition coefficient (Wildman–Crippen LogP) is 4.53. The standard InChI is InChI=1S/C24H22N4O7/c1-15-8-11-21(28(33)34)23(16(15)2)26-22(29)14-35-24(30)19-12-18(27(31)32)9-10-20(19)25-13-17-6-4-3-5-7-17/h3-12,25H,13-14H2,1-2H3,(H,26,29). The number of carbonyl (C=O) groups is 2. The van der Waals surface area contributed by atoms with Crippen molar-refractivity contribution in [3.63, 3.8) is 0 Å². The molecule has 2 N–H and O–H groups in total. The van der Waals surface area contributed by atoms with Crippen LogP contribution in [0, 0.1) is 34.1 Å². The zero-order valence-corrected chi connectivity index (χ0v) is 18.9. The number of non-ortho nitro benzene ring substituents is 1. The Kier molecular flexibility index (Phi) is 7.72. The van der Waals surface area contributed by atoms with E-state index in [1.807, 2.05) is 30.3 Å². The molecule has 0 bridgehead atoms. The fraction of sp³-hybridized carbons (Fsp3) is 0.167. The number of hydrogen-bond donors (Lipinski definition) is 2. The number of hydrogen-bond acceptors (Lipinski definition) is 8. The van der Waals surface area contributed by atoms with Crippen LogP contribution in [0.4, 0.5) is 22.7 Å². The summed E-state index contributed by atoms with van der Waals surface area (Å²) in [5.41, 5.74) is 1.71. The van der Waals surface area contributed by atoms with Gasteiger partial charge in [0, 0.05) is 30.4 Å². The van der Waals surface area contributed by atoms with E-state index in [9.17, 15) is 29.8 Å². The largest absolute Gasteiger partial charge is 0.452 e. The zero-order chi connectivity index (χ0) is 25.5. The van der Waals surface area contributed by atoms with Gasteiger partial charge in [0.05, 0.1) is 15.4 Å². The number of nitrogens with zero attached hydrogens (tertiary/aromatic N) is 2. The number of nitro groups is 2. The molecule has 0 saturated carbocycles. The number of anilines is 2. The molecular formula is C24H22N4O7. The minimum Gasteiger partial charge on any atom is -0.452 e. The minimum absolute atomic E-state index is 0.0108. The maximum atomic E-state index is 12.7. The van der Waals surface area contributed by atoms with Crippen molar-refractivity contribution in [1.82, 2.24) is 0 Å². The van der Waals surface area contributed by atoms with Gasteiger partial charge in [0.1, 0.15) is 5.69 Å². The first-order valence-corrected chi connectivity index (χ1v) is 10.4. The Morgan fingerprint density at radius 3 is 2.31 bits per heavy atom. The van der Waals surface area contributed by atoms with Gasteiger partial charge in [-0.05, 0) is 36.6 Å². The van der Waals surface area contributed by atoms with Crippen LogP contribution in [0.3, 0.4) is 0 Å². The highest BCUT2D eigenvalue weighted by atomic mass is 16.6. The number of esters is 1. The Labute approximate surface area is 200 Å². The smallest absolute Gasteiger partial charge is 0.341 e. The van der Waals surface area contributed by atoms with Crippen LogP contribution in [0.5, 0.6) is 0 Å². The van der Waals surface area contributed by atoms with E-state index >= 15 is 0 Å². The Morgan fingerprint density at radius 2 is 1.66 bits per heavy atom. The number of ether oxygens (including phenoxy) is 1. The summed E-state index contributed by atoms with van der Waals surface area (Å²) in [6.07, 6.45) is 0. The number of benzene rings is 3. The van der Waals surface area contributed by atoms with Crippen molar-refractivity contribution >= 4 is 34.6 Å². The van der Waals surface area contributed by atoms with E-state index in [-0.39, 0.29) is 28.3 Å². The fourth-order valence-electron chi connectivity index (χ4n) is 3.26. The van der Waals surface area contributed by atoms with Crippen LogP contribution in [-0.2, 0) is 16.1 Å². The van der Waals surface area contributed by atoms with Gasteiger partial charge in [-0.3, -0.25) is 25.0 Å². The average molecular weight is 478 g/mol. The van der Waals surface area contributed by atoms with Gasteiger partial charge in [-0.1, -0.05) is 36.4 Å². The SMILES string of the molecule is Cc1ccc([N+](=O)[O-])c(NC(=O)COC(=O)c2cc([N+](=O)[O-])ccc2NCc2ccccc2)c1C. The Morgan fingerprint density at radius 1 is 0.943 bits per heavy atom. The average Bonchev–Trinajstić information content (AvgIpc) is 2.84. The molecule has 0 radical (unpaired) electrons. The maximum Gasteiger partial charge on any atom is 0.341 e. The number of rotatable bonds is 9. The van der Waals surface area contributed by atoms with Gasteiger partial charge in [0.2, 0.25) is 0 Å². The second-order valence-electron chi connectivity index (χ2n) is 7.61. The van der Waals surface area contributed by atoms with E-state index in [2.05, 4.69) is 10.6 Å². The van der Waals surface area contributed by atoms with Gasteiger partial charge in [-0.15, -0.1) is 0 Å². The second kappa shape index (κ2) is 10.9. The summed E-state index contributed by atoms with van der Waals surface area (Å²) in [4.78, 5) is 46.4. The predicted molar refractivity (Wildman–Crippen MR) is 128 cm³/mol. The molecule has 11 heteroatoms. The first-order chi connectivity index (χ1) is 16.7. The highest BCUT2D eigenvalue weighted by molar-refractivity contribution is 6.00. The molecule has 0 aliphatic carbocycles. The molecule has 0 aliphatic rings. The second-order valence-corrected chi connectivity index (χ2v) is 7.61. The number of aryl methyl sites for hydroxylation is 1. The number of carbonyl (C=O) groups excluding carboxylic acids is 2. The van der Waals surface area contributed by atoms with Crippen LogP contribution in [0.15, 0.2) is 60.7 Å². The highest BCUT2D eigenvalue weighted by Gasteiger charge is 2.22. The first kappa shape index (κ1) is 24.8. The molecule has 0 aliphatic heterocycles. The molecule has 0 spiro atoms. The van der Waals surface area contributed by atoms with E-state index in [1.54, 1.807) is 19.9 Å². The lowest BCUT2D eigenvalue weighted by molar-refractivity contribution is -0.384. The molecule has 3 rings (SSSR count). The first-order valence-electron chi connectivity index (χ1n) is 10.4. The van der Waals surface area contributed by atoms with Crippen LogP contribution in [0.2, 0.25) is 0 Å². The van der Waals surface area contributed by atoms with Crippen molar-refractivity contribution in [1.29, 1.82) is 0 Å². The third-order valence-corrected chi connectivity index (χ3v) is 5.27. The van der Waals surface area contributed by atoms with Gasteiger partial charge >= 0.3 is 5.97 Å². The van der Waals surface area contributed by atoms with Gasteiger partial charge in [-0.25, -0.2) is 4.79 Å². The van der Waals surface area contributed by atoms with Crippen LogP contribution >= 0.6 is 0 Å². The molecule has 11 nitrogen and oxygen atoms in total. The van der Waals surface area contributed by atoms with Crippen molar-refractivity contribution in [2.45, 2.75) is 20.4 Å². The zero-order valence-electron chi connectivity index (χ0n) is 18.9. The molecule has 0 atom stereocenters. The van der Waals surface area contributed by atoms with Crippen molar-refractivity contribution in [3.05, 3.63) is 103 Å². The number of nitro benzene ring substituents is 2. The van der Waals surface area contributed by atoms with E-state index in [1.165, 1.54) is 18.2 Å². The molecule has 35 heavy (non-hydrogen) atoms. The molecule has 0 heterocycles. The highest BCUT2D eigenvalue weighted by Crippen LogP contribution is 2.30. The van der Waals surface area contributed by atoms with E-state index in [0.717, 1.165) is 17.2 Å². The third-order valence-electron chi connectivity index (χ3n) is 5.27. The Balaban J connectivity index is 1.75. The van der Waals surface area contributed by atoms with Crippen molar-refractivity contribution in [3.8, 4) is 0 Å². The summed E-state index contributed by atoms with van der Waals surface area (Å²) in [5, 5.41) is 28.0. The Bertz CT molecular complexity index is 1290. The lowest BCUT2D eigenvalue weighted by Gasteiger charge is -2.13. The van der Waals surface area contributed by atoms with Crippen LogP contribution in [-0.4, -0.2) is 28.3 Å². The van der Waals surface area contributed by atoms with E-state index < -0.39 is 28.3 Å². The van der Waals surface area contributed by atoms with Gasteiger partial charge in [0.25, 0.3) is 17.3 Å². The van der Waals surface area contributed by atoms with Gasteiger partial charge in [0.15, 0.2) is 6.61 Å². The molecule has 0 saturated heterocycles. The molecule has 1 amide bonds. The summed E-state index contributed by atoms with van der Waals surface area (Å²) in [6, 6.07) is 15.8. The summed E-state index contributed by atoms with van der Waals surface area (Å²) in [7, 11) is 0. The van der Waals surface area contributed by atoms with Crippen LogP contribution in [0.1, 0.15) is 27.0 Å². The minimum atomic E-state index is -0.963. The molecule has 180 valence electrons. The third kappa shape index (κ3) is 6.16. The summed E-state index contributed by atoms with van der Waals surface area (Å²) in [5.74, 6) is -1.76. The maximum absolute atomic E-state index is 12.7. The van der Waals surface area contributed by atoms with Crippen molar-refractivity contribution in [2.24, 2.45) is 0 Å². The van der Waals surface area contributed by atoms with E-state index in [0.29, 0.717) is 12.1 Å². The lowest BCUT2D eigenvalue weighted by atomic mass is 10.1. The summed E-state index contributed by atoms with van der Waals surface area (Å²) >= 11 is 0. The lowest BCUT2D eigenvalue weighted by Crippen LogP contribution is -2.22. The molecule has 0 aromatic heterocycles. The van der Waals surface area contributed by atoms with Crippen molar-refractivity contribution in [2.75, 3.05) is 17.2 Å². The fourth-order valence-corrected chi connectivity index (χ4v) is 3.26. The summed E-state index contributed by atoms with van der Waals surface area (Å²) in [6.45, 7) is 2.96. The number of amides is 1. The summed E-state index contributed by atoms with van der Waals surface area (Å²) < 4.78 is 5.08.